The normalized spacial score (nSPS) is 12.1. The van der Waals surface area contributed by atoms with E-state index in [1.807, 2.05) is 60.8 Å². The molecule has 3 aromatic heterocycles. The first-order valence-corrected chi connectivity index (χ1v) is 11.1. The van der Waals surface area contributed by atoms with Gasteiger partial charge in [0.05, 0.1) is 5.58 Å². The van der Waals surface area contributed by atoms with Crippen molar-refractivity contribution in [2.45, 2.75) is 20.2 Å². The summed E-state index contributed by atoms with van der Waals surface area (Å²) in [6, 6.07) is 33.3. The molecule has 0 bridgehead atoms. The van der Waals surface area contributed by atoms with Crippen LogP contribution in [-0.4, -0.2) is 9.97 Å². The topological polar surface area (TPSA) is 38.9 Å². The number of aromatic nitrogens is 2. The van der Waals surface area contributed by atoms with E-state index >= 15 is 0 Å². The van der Waals surface area contributed by atoms with E-state index in [4.69, 9.17) is 8.53 Å². The van der Waals surface area contributed by atoms with Gasteiger partial charge in [0.1, 0.15) is 5.58 Å². The van der Waals surface area contributed by atoms with E-state index in [0.717, 1.165) is 50.9 Å². The molecule has 3 nitrogen and oxygen atoms in total. The van der Waals surface area contributed by atoms with Gasteiger partial charge in [0.2, 0.25) is 0 Å². The Morgan fingerprint density at radius 3 is 2.51 bits per heavy atom. The molecule has 0 saturated heterocycles. The molecule has 6 rings (SSSR count). The van der Waals surface area contributed by atoms with Crippen molar-refractivity contribution in [2.75, 3.05) is 0 Å². The molecule has 175 valence electrons. The molecule has 35 heavy (non-hydrogen) atoms. The Morgan fingerprint density at radius 1 is 0.857 bits per heavy atom. The van der Waals surface area contributed by atoms with Crippen LogP contribution in [0.4, 0.5) is 0 Å². The standard InChI is InChI=1S/C19H14NO.C12H10N.Ir/c1-2-13-10-11-20-17(12-13)16-8-5-7-15-14-6-3-4-9-18(14)21-19(15)16;1-10-7-8-12(13-9-10)11-5-3-2-4-6-11;/h3-7,9-12H,2H2,1H3;2-5,7-9H,1H3;/q2*-1;/i;1D3;. The Kier molecular flexibility index (Phi) is 6.66. The van der Waals surface area contributed by atoms with Gasteiger partial charge in [-0.2, -0.15) is 0 Å². The van der Waals surface area contributed by atoms with Crippen molar-refractivity contribution in [2.24, 2.45) is 0 Å². The second-order valence-corrected chi connectivity index (χ2v) is 7.80. The van der Waals surface area contributed by atoms with Crippen LogP contribution in [0.15, 0.2) is 102 Å². The molecule has 0 aliphatic rings. The van der Waals surface area contributed by atoms with Gasteiger partial charge in [-0.15, -0.1) is 54.1 Å². The second-order valence-electron chi connectivity index (χ2n) is 7.80. The zero-order valence-electron chi connectivity index (χ0n) is 22.1. The van der Waals surface area contributed by atoms with Crippen LogP contribution in [0, 0.1) is 19.0 Å². The Balaban J connectivity index is 0.000000179. The van der Waals surface area contributed by atoms with E-state index in [1.54, 1.807) is 18.2 Å². The predicted molar refractivity (Wildman–Crippen MR) is 138 cm³/mol. The molecule has 0 atom stereocenters. The number of fused-ring (bicyclic) bond motifs is 3. The number of aryl methyl sites for hydroxylation is 2. The van der Waals surface area contributed by atoms with E-state index in [-0.39, 0.29) is 25.7 Å². The van der Waals surface area contributed by atoms with Crippen molar-refractivity contribution in [1.82, 2.24) is 9.97 Å². The number of hydrogen-bond acceptors (Lipinski definition) is 3. The number of benzene rings is 3. The van der Waals surface area contributed by atoms with Crippen LogP contribution in [0.5, 0.6) is 0 Å². The predicted octanol–water partition coefficient (Wildman–Crippen LogP) is 7.87. The Morgan fingerprint density at radius 2 is 1.74 bits per heavy atom. The van der Waals surface area contributed by atoms with Crippen molar-refractivity contribution in [3.63, 3.8) is 0 Å². The maximum Gasteiger partial charge on any atom is 0.120 e. The smallest absolute Gasteiger partial charge is 0.120 e. The van der Waals surface area contributed by atoms with Crippen molar-refractivity contribution >= 4 is 21.9 Å². The number of pyridine rings is 2. The molecular formula is C31H24IrN2O-2. The summed E-state index contributed by atoms with van der Waals surface area (Å²) < 4.78 is 27.7. The minimum Gasteiger partial charge on any atom is -0.501 e. The molecule has 6 aromatic rings. The molecule has 0 unspecified atom stereocenters. The molecule has 0 fully saturated rings. The summed E-state index contributed by atoms with van der Waals surface area (Å²) in [5.41, 5.74) is 6.72. The average Bonchev–Trinajstić information content (AvgIpc) is 3.32. The van der Waals surface area contributed by atoms with E-state index < -0.39 is 6.85 Å². The number of rotatable bonds is 3. The van der Waals surface area contributed by atoms with Crippen molar-refractivity contribution in [3.8, 4) is 22.5 Å². The number of furan rings is 1. The molecule has 0 amide bonds. The SMILES string of the molecule is CCc1ccnc(-c2[c-]ccc3c2oc2ccccc23)c1.[2H]C([2H])([2H])c1ccc(-c2[c-]cccc2)nc1.[Ir]. The molecule has 1 radical (unpaired) electrons. The summed E-state index contributed by atoms with van der Waals surface area (Å²) in [6.07, 6.45) is 4.23. The molecule has 0 aliphatic carbocycles. The Bertz CT molecular complexity index is 1650. The summed E-state index contributed by atoms with van der Waals surface area (Å²) >= 11 is 0. The van der Waals surface area contributed by atoms with Crippen LogP contribution in [-0.2, 0) is 26.5 Å². The maximum absolute atomic E-state index is 7.23. The second kappa shape index (κ2) is 11.2. The van der Waals surface area contributed by atoms with Gasteiger partial charge < -0.3 is 14.4 Å². The summed E-state index contributed by atoms with van der Waals surface area (Å²) in [6.45, 7) is 0.0521. The Hall–Kier alpha value is -3.59. The number of para-hydroxylation sites is 1. The van der Waals surface area contributed by atoms with Gasteiger partial charge in [-0.05, 0) is 42.4 Å². The first kappa shape index (κ1) is 20.8. The third kappa shape index (κ3) is 5.40. The first-order chi connectivity index (χ1) is 17.9. The van der Waals surface area contributed by atoms with Crippen molar-refractivity contribution in [1.29, 1.82) is 0 Å². The molecule has 0 spiro atoms. The van der Waals surface area contributed by atoms with Crippen LogP contribution in [0.3, 0.4) is 0 Å². The number of hydrogen-bond donors (Lipinski definition) is 0. The number of nitrogens with zero attached hydrogens (tertiary/aromatic N) is 2. The summed E-state index contributed by atoms with van der Waals surface area (Å²) in [4.78, 5) is 8.61. The van der Waals surface area contributed by atoms with Gasteiger partial charge in [-0.25, -0.2) is 0 Å². The van der Waals surface area contributed by atoms with Gasteiger partial charge >= 0.3 is 0 Å². The van der Waals surface area contributed by atoms with E-state index in [1.165, 1.54) is 11.8 Å². The summed E-state index contributed by atoms with van der Waals surface area (Å²) in [5.74, 6) is 0. The minimum absolute atomic E-state index is 0. The fourth-order valence-electron chi connectivity index (χ4n) is 3.82. The summed E-state index contributed by atoms with van der Waals surface area (Å²) in [5, 5.41) is 2.25. The van der Waals surface area contributed by atoms with Gasteiger partial charge in [-0.3, -0.25) is 0 Å². The van der Waals surface area contributed by atoms with Crippen LogP contribution in [0.2, 0.25) is 0 Å². The van der Waals surface area contributed by atoms with Gasteiger partial charge in [0.25, 0.3) is 0 Å². The molecule has 0 N–H and O–H groups in total. The zero-order chi connectivity index (χ0) is 25.8. The quantitative estimate of drug-likeness (QED) is 0.186. The molecule has 0 saturated carbocycles. The van der Waals surface area contributed by atoms with E-state index in [2.05, 4.69) is 41.2 Å². The largest absolute Gasteiger partial charge is 0.501 e. The van der Waals surface area contributed by atoms with Crippen LogP contribution < -0.4 is 0 Å². The molecular weight excluding hydrogens is 609 g/mol. The monoisotopic (exact) mass is 636 g/mol. The third-order valence-electron chi connectivity index (χ3n) is 5.58. The zero-order valence-corrected chi connectivity index (χ0v) is 21.5. The molecule has 0 aliphatic heterocycles. The molecule has 3 heterocycles. The van der Waals surface area contributed by atoms with Crippen molar-refractivity contribution in [3.05, 3.63) is 121 Å². The van der Waals surface area contributed by atoms with Crippen molar-refractivity contribution < 1.29 is 28.6 Å². The maximum atomic E-state index is 7.23. The van der Waals surface area contributed by atoms with Crippen LogP contribution >= 0.6 is 0 Å². The summed E-state index contributed by atoms with van der Waals surface area (Å²) in [7, 11) is 0. The van der Waals surface area contributed by atoms with Gasteiger partial charge in [0, 0.05) is 42.0 Å². The van der Waals surface area contributed by atoms with E-state index in [0.29, 0.717) is 0 Å². The molecule has 4 heteroatoms. The fourth-order valence-corrected chi connectivity index (χ4v) is 3.82. The Labute approximate surface area is 223 Å². The molecule has 3 aromatic carbocycles. The van der Waals surface area contributed by atoms with Gasteiger partial charge in [0.15, 0.2) is 0 Å². The first-order valence-electron chi connectivity index (χ1n) is 12.6. The van der Waals surface area contributed by atoms with E-state index in [9.17, 15) is 0 Å². The van der Waals surface area contributed by atoms with Crippen LogP contribution in [0.25, 0.3) is 44.5 Å². The third-order valence-corrected chi connectivity index (χ3v) is 5.58. The fraction of sp³-hybridized carbons (Fsp3) is 0.0968. The average molecular weight is 636 g/mol. The van der Waals surface area contributed by atoms with Gasteiger partial charge in [-0.1, -0.05) is 59.8 Å². The van der Waals surface area contributed by atoms with Crippen LogP contribution in [0.1, 0.15) is 22.2 Å². The minimum atomic E-state index is -2.09.